The van der Waals surface area contributed by atoms with E-state index in [9.17, 15) is 0 Å². The van der Waals surface area contributed by atoms with E-state index in [1.807, 2.05) is 18.5 Å². The number of hydrogen-bond donors (Lipinski definition) is 1. The van der Waals surface area contributed by atoms with Gasteiger partial charge in [-0.25, -0.2) is 0 Å². The summed E-state index contributed by atoms with van der Waals surface area (Å²) in [6, 6.07) is 57.1. The maximum atomic E-state index is 4.62. The molecule has 1 aliphatic heterocycles. The third-order valence-electron chi connectivity index (χ3n) is 14.8. The third-order valence-corrected chi connectivity index (χ3v) is 14.8. The van der Waals surface area contributed by atoms with Crippen molar-refractivity contribution in [1.82, 2.24) is 19.4 Å². The van der Waals surface area contributed by atoms with Crippen molar-refractivity contribution >= 4 is 49.3 Å². The van der Waals surface area contributed by atoms with Gasteiger partial charge in [0.05, 0.1) is 39.6 Å². The van der Waals surface area contributed by atoms with Crippen LogP contribution >= 0.6 is 0 Å². The lowest BCUT2D eigenvalue weighted by molar-refractivity contribution is 0.617. The quantitative estimate of drug-likeness (QED) is 0.181. The van der Waals surface area contributed by atoms with Crippen molar-refractivity contribution in [2.45, 2.75) is 38.0 Å². The number of hydrogen-bond acceptors (Lipinski definition) is 2. The van der Waals surface area contributed by atoms with E-state index in [0.29, 0.717) is 17.8 Å². The summed E-state index contributed by atoms with van der Waals surface area (Å²) >= 11 is 0. The third kappa shape index (κ3) is 6.16. The highest BCUT2D eigenvalue weighted by atomic mass is 15.0. The van der Waals surface area contributed by atoms with E-state index in [-0.39, 0.29) is 0 Å². The zero-order valence-electron chi connectivity index (χ0n) is 37.1. The molecule has 10 aromatic rings. The van der Waals surface area contributed by atoms with Gasteiger partial charge in [-0.3, -0.25) is 4.98 Å². The lowest BCUT2D eigenvalue weighted by Crippen LogP contribution is -2.14. The average molecular weight is 849 g/mol. The van der Waals surface area contributed by atoms with Crippen LogP contribution in [0.2, 0.25) is 0 Å². The van der Waals surface area contributed by atoms with Crippen LogP contribution in [0.15, 0.2) is 207 Å². The molecule has 4 heteroatoms. The predicted octanol–water partition coefficient (Wildman–Crippen LogP) is 15.7. The van der Waals surface area contributed by atoms with Crippen LogP contribution in [0.4, 0.5) is 0 Å². The monoisotopic (exact) mass is 848 g/mol. The van der Waals surface area contributed by atoms with E-state index in [1.165, 1.54) is 105 Å². The number of pyridine rings is 1. The Kier molecular flexibility index (Phi) is 8.96. The molecule has 3 aliphatic rings. The number of aromatic nitrogens is 3. The van der Waals surface area contributed by atoms with Gasteiger partial charge in [0.25, 0.3) is 0 Å². The molecule has 0 spiro atoms. The predicted molar refractivity (Wildman–Crippen MR) is 277 cm³/mol. The Hall–Kier alpha value is -7.95. The van der Waals surface area contributed by atoms with Gasteiger partial charge in [0, 0.05) is 46.4 Å². The van der Waals surface area contributed by atoms with Gasteiger partial charge in [-0.2, -0.15) is 0 Å². The second-order valence-corrected chi connectivity index (χ2v) is 18.4. The van der Waals surface area contributed by atoms with Gasteiger partial charge in [-0.15, -0.1) is 0 Å². The first-order valence-electron chi connectivity index (χ1n) is 23.4. The maximum Gasteiger partial charge on any atom is 0.0645 e. The number of benzene rings is 7. The maximum absolute atomic E-state index is 4.62. The van der Waals surface area contributed by atoms with Crippen molar-refractivity contribution in [3.63, 3.8) is 0 Å². The molecule has 0 fully saturated rings. The minimum atomic E-state index is 0.307. The van der Waals surface area contributed by atoms with Crippen molar-refractivity contribution in [1.29, 1.82) is 0 Å². The normalized spacial score (nSPS) is 17.6. The van der Waals surface area contributed by atoms with E-state index in [1.54, 1.807) is 0 Å². The molecule has 7 aromatic carbocycles. The Morgan fingerprint density at radius 3 is 1.79 bits per heavy atom. The molecule has 0 saturated carbocycles. The largest absolute Gasteiger partial charge is 0.386 e. The van der Waals surface area contributed by atoms with E-state index in [0.717, 1.165) is 24.4 Å². The molecule has 66 heavy (non-hydrogen) atoms. The van der Waals surface area contributed by atoms with Crippen molar-refractivity contribution in [2.75, 3.05) is 6.54 Å². The van der Waals surface area contributed by atoms with E-state index in [2.05, 4.69) is 222 Å². The zero-order chi connectivity index (χ0) is 43.9. The molecule has 4 nitrogen and oxygen atoms in total. The molecule has 13 rings (SSSR count). The molecule has 2 aliphatic carbocycles. The summed E-state index contributed by atoms with van der Waals surface area (Å²) in [5.41, 5.74) is 21.1. The molecule has 0 amide bonds. The van der Waals surface area contributed by atoms with Gasteiger partial charge in [0.1, 0.15) is 0 Å². The first-order chi connectivity index (χ1) is 32.6. The van der Waals surface area contributed by atoms with Crippen molar-refractivity contribution < 1.29 is 0 Å². The number of allylic oxidation sites excluding steroid dienone is 6. The Balaban J connectivity index is 1.02. The molecule has 0 radical (unpaired) electrons. The van der Waals surface area contributed by atoms with Crippen LogP contribution in [0.25, 0.3) is 99.5 Å². The smallest absolute Gasteiger partial charge is 0.0645 e. The van der Waals surface area contributed by atoms with Crippen LogP contribution in [0.3, 0.4) is 0 Å². The fourth-order valence-corrected chi connectivity index (χ4v) is 11.2. The second kappa shape index (κ2) is 15.4. The molecular formula is C62H48N4. The fourth-order valence-electron chi connectivity index (χ4n) is 11.2. The summed E-state index contributed by atoms with van der Waals surface area (Å²) in [5, 5.41) is 8.59. The lowest BCUT2D eigenvalue weighted by Gasteiger charge is -2.32. The lowest BCUT2D eigenvalue weighted by atomic mass is 9.72. The molecule has 316 valence electrons. The molecular weight excluding hydrogens is 801 g/mol. The number of nitrogens with zero attached hydrogens (tertiary/aromatic N) is 3. The Morgan fingerprint density at radius 1 is 0.515 bits per heavy atom. The summed E-state index contributed by atoms with van der Waals surface area (Å²) < 4.78 is 4.88. The van der Waals surface area contributed by atoms with Crippen molar-refractivity contribution in [3.05, 3.63) is 223 Å². The first-order valence-corrected chi connectivity index (χ1v) is 23.4. The van der Waals surface area contributed by atoms with Crippen LogP contribution in [0.5, 0.6) is 0 Å². The molecule has 1 N–H and O–H groups in total. The summed E-state index contributed by atoms with van der Waals surface area (Å²) in [6.07, 6.45) is 20.5. The summed E-state index contributed by atoms with van der Waals surface area (Å²) in [4.78, 5) is 4.62. The van der Waals surface area contributed by atoms with Gasteiger partial charge >= 0.3 is 0 Å². The summed E-state index contributed by atoms with van der Waals surface area (Å²) in [5.74, 6) is 1.02. The van der Waals surface area contributed by atoms with Crippen LogP contribution in [-0.4, -0.2) is 20.7 Å². The highest BCUT2D eigenvalue weighted by Gasteiger charge is 2.31. The molecule has 0 bridgehead atoms. The second-order valence-electron chi connectivity index (χ2n) is 18.4. The highest BCUT2D eigenvalue weighted by molar-refractivity contribution is 6.15. The first kappa shape index (κ1) is 38.5. The molecule has 0 saturated heterocycles. The van der Waals surface area contributed by atoms with Crippen LogP contribution in [0.1, 0.15) is 54.7 Å². The Labute approximate surface area is 385 Å². The number of rotatable bonds is 6. The Bertz CT molecular complexity index is 3710. The molecule has 3 unspecified atom stereocenters. The number of fused-ring (bicyclic) bond motifs is 9. The highest BCUT2D eigenvalue weighted by Crippen LogP contribution is 2.52. The van der Waals surface area contributed by atoms with Gasteiger partial charge in [0.2, 0.25) is 0 Å². The Morgan fingerprint density at radius 2 is 1.14 bits per heavy atom. The van der Waals surface area contributed by atoms with Crippen molar-refractivity contribution in [2.24, 2.45) is 0 Å². The van der Waals surface area contributed by atoms with Gasteiger partial charge in [-0.05, 0) is 152 Å². The topological polar surface area (TPSA) is 34.8 Å². The number of dihydropyridines is 1. The van der Waals surface area contributed by atoms with Crippen LogP contribution < -0.4 is 5.32 Å². The standard InChI is InChI=1S/C62H48N4/c1-39-40(2)52-34-58-56-32-48(46-20-10-18-44(30-46)42-15-7-4-8-16-42)24-26-60(56)66(50-22-12-28-64-38-50)62(58)36-54(52)53-35-61-57(33-51(39)53)55-31-47(23-25-59(55)65(61)49-21-11-27-63-37-49)45-19-9-17-43(29-45)41-13-5-3-6-14-41/h3-15,17-26,28-40,42,63H,16,27H2,1-2H3. The number of nitrogens with one attached hydrogen (secondary N) is 1. The van der Waals surface area contributed by atoms with Gasteiger partial charge in [-0.1, -0.05) is 129 Å². The molecule has 4 heterocycles. The van der Waals surface area contributed by atoms with E-state index < -0.39 is 0 Å². The van der Waals surface area contributed by atoms with Crippen molar-refractivity contribution in [3.8, 4) is 50.2 Å². The summed E-state index contributed by atoms with van der Waals surface area (Å²) in [6.45, 7) is 5.68. The fraction of sp³-hybridized carbons (Fsp3) is 0.113. The van der Waals surface area contributed by atoms with E-state index >= 15 is 0 Å². The van der Waals surface area contributed by atoms with Gasteiger partial charge in [0.15, 0.2) is 0 Å². The minimum Gasteiger partial charge on any atom is -0.386 e. The average Bonchev–Trinajstić information content (AvgIpc) is 3.89. The van der Waals surface area contributed by atoms with E-state index in [4.69, 9.17) is 0 Å². The molecule has 3 atom stereocenters. The minimum absolute atomic E-state index is 0.307. The molecule has 3 aromatic heterocycles. The van der Waals surface area contributed by atoms with Crippen LogP contribution in [-0.2, 0) is 0 Å². The van der Waals surface area contributed by atoms with Gasteiger partial charge < -0.3 is 14.5 Å². The zero-order valence-corrected chi connectivity index (χ0v) is 37.1. The van der Waals surface area contributed by atoms with Crippen LogP contribution in [0, 0.1) is 0 Å². The SMILES string of the molecule is CC1c2cc3c4cc(-c5cccc(-c6ccccc6)c5)ccc4n(C4=CNCC=C4)c3cc2-c2cc3c(cc2C1C)c1cc(-c2cccc(C4C=CC=CC4)c2)ccc1n3-c1cccnc1. The summed E-state index contributed by atoms with van der Waals surface area (Å²) in [7, 11) is 0.